The first-order valence-corrected chi connectivity index (χ1v) is 5.22. The van der Waals surface area contributed by atoms with Crippen molar-refractivity contribution in [2.75, 3.05) is 13.2 Å². The fourth-order valence-electron chi connectivity index (χ4n) is 1.60. The van der Waals surface area contributed by atoms with E-state index in [1.54, 1.807) is 13.8 Å². The number of aliphatic hydroxyl groups is 1. The summed E-state index contributed by atoms with van der Waals surface area (Å²) in [5.41, 5.74) is -0.0796. The number of aryl methyl sites for hydroxylation is 1. The summed E-state index contributed by atoms with van der Waals surface area (Å²) >= 11 is 0. The summed E-state index contributed by atoms with van der Waals surface area (Å²) in [6.07, 6.45) is -0.498. The number of rotatable bonds is 4. The van der Waals surface area contributed by atoms with Gasteiger partial charge in [-0.2, -0.15) is 5.26 Å². The summed E-state index contributed by atoms with van der Waals surface area (Å²) in [4.78, 5) is 11.9. The summed E-state index contributed by atoms with van der Waals surface area (Å²) in [5, 5.41) is 30.1. The lowest BCUT2D eigenvalue weighted by molar-refractivity contribution is 0.267. The molecule has 0 aliphatic carbocycles. The number of hydrogen-bond acceptors (Lipinski definition) is 5. The van der Waals surface area contributed by atoms with Gasteiger partial charge in [0.25, 0.3) is 5.56 Å². The van der Waals surface area contributed by atoms with E-state index >= 15 is 0 Å². The SMILES string of the molecule is Cc1cc(O)n(C(C)NCCO)c(=O)c1C#N. The number of aliphatic hydroxyl groups excluding tert-OH is 1. The van der Waals surface area contributed by atoms with Crippen LogP contribution in [-0.4, -0.2) is 27.9 Å². The molecule has 1 atom stereocenters. The number of pyridine rings is 1. The Kier molecular flexibility index (Phi) is 4.26. The number of aromatic nitrogens is 1. The van der Waals surface area contributed by atoms with Crippen LogP contribution in [0.2, 0.25) is 0 Å². The minimum Gasteiger partial charge on any atom is -0.494 e. The Bertz CT molecular complexity index is 502. The minimum atomic E-state index is -0.539. The fraction of sp³-hybridized carbons (Fsp3) is 0.455. The van der Waals surface area contributed by atoms with Gasteiger partial charge in [0.2, 0.25) is 0 Å². The Labute approximate surface area is 98.7 Å². The fourth-order valence-corrected chi connectivity index (χ4v) is 1.60. The topological polar surface area (TPSA) is 98.3 Å². The highest BCUT2D eigenvalue weighted by Gasteiger charge is 2.15. The average molecular weight is 237 g/mol. The van der Waals surface area contributed by atoms with Gasteiger partial charge in [-0.15, -0.1) is 0 Å². The first-order valence-electron chi connectivity index (χ1n) is 5.22. The zero-order valence-corrected chi connectivity index (χ0v) is 9.77. The summed E-state index contributed by atoms with van der Waals surface area (Å²) < 4.78 is 1.08. The molecule has 92 valence electrons. The molecule has 0 aliphatic heterocycles. The van der Waals surface area contributed by atoms with E-state index in [1.807, 2.05) is 6.07 Å². The average Bonchev–Trinajstić information content (AvgIpc) is 2.26. The van der Waals surface area contributed by atoms with E-state index in [4.69, 9.17) is 10.4 Å². The summed E-state index contributed by atoms with van der Waals surface area (Å²) in [6, 6.07) is 3.19. The molecule has 6 nitrogen and oxygen atoms in total. The maximum absolute atomic E-state index is 11.9. The molecule has 17 heavy (non-hydrogen) atoms. The van der Waals surface area contributed by atoms with Gasteiger partial charge < -0.3 is 10.2 Å². The number of hydrogen-bond donors (Lipinski definition) is 3. The quantitative estimate of drug-likeness (QED) is 0.675. The predicted octanol–water partition coefficient (Wildman–Crippen LogP) is -0.166. The highest BCUT2D eigenvalue weighted by atomic mass is 16.3. The second-order valence-electron chi connectivity index (χ2n) is 3.70. The zero-order chi connectivity index (χ0) is 13.0. The van der Waals surface area contributed by atoms with Crippen LogP contribution in [0.25, 0.3) is 0 Å². The predicted molar refractivity (Wildman–Crippen MR) is 61.6 cm³/mol. The second kappa shape index (κ2) is 5.48. The molecule has 1 unspecified atom stereocenters. The lowest BCUT2D eigenvalue weighted by Crippen LogP contribution is -2.35. The lowest BCUT2D eigenvalue weighted by atomic mass is 10.1. The van der Waals surface area contributed by atoms with Gasteiger partial charge >= 0.3 is 0 Å². The van der Waals surface area contributed by atoms with Crippen LogP contribution >= 0.6 is 0 Å². The monoisotopic (exact) mass is 237 g/mol. The number of nitrogens with zero attached hydrogens (tertiary/aromatic N) is 2. The van der Waals surface area contributed by atoms with Crippen LogP contribution in [0, 0.1) is 18.3 Å². The molecule has 0 spiro atoms. The van der Waals surface area contributed by atoms with Crippen LogP contribution in [0.4, 0.5) is 0 Å². The van der Waals surface area contributed by atoms with E-state index in [1.165, 1.54) is 6.07 Å². The molecule has 1 aromatic heterocycles. The molecule has 0 bridgehead atoms. The molecular formula is C11H15N3O3. The van der Waals surface area contributed by atoms with Crippen molar-refractivity contribution >= 4 is 0 Å². The van der Waals surface area contributed by atoms with E-state index < -0.39 is 11.7 Å². The molecule has 3 N–H and O–H groups in total. The maximum Gasteiger partial charge on any atom is 0.272 e. The number of nitrogens with one attached hydrogen (secondary N) is 1. The highest BCUT2D eigenvalue weighted by Crippen LogP contribution is 2.15. The van der Waals surface area contributed by atoms with Gasteiger partial charge in [-0.25, -0.2) is 0 Å². The third-order valence-corrected chi connectivity index (χ3v) is 2.47. The van der Waals surface area contributed by atoms with Gasteiger partial charge in [-0.3, -0.25) is 14.7 Å². The number of aromatic hydroxyl groups is 1. The molecule has 0 saturated heterocycles. The van der Waals surface area contributed by atoms with Crippen LogP contribution < -0.4 is 10.9 Å². The molecule has 1 heterocycles. The zero-order valence-electron chi connectivity index (χ0n) is 9.77. The van der Waals surface area contributed by atoms with Gasteiger partial charge in [0, 0.05) is 12.6 Å². The van der Waals surface area contributed by atoms with Crippen molar-refractivity contribution in [2.45, 2.75) is 20.0 Å². The van der Waals surface area contributed by atoms with Crippen molar-refractivity contribution in [3.63, 3.8) is 0 Å². The minimum absolute atomic E-state index is 0.0143. The largest absolute Gasteiger partial charge is 0.494 e. The van der Waals surface area contributed by atoms with Crippen LogP contribution in [0.3, 0.4) is 0 Å². The molecule has 0 amide bonds. The third kappa shape index (κ3) is 2.64. The molecule has 1 rings (SSSR count). The summed E-state index contributed by atoms with van der Waals surface area (Å²) in [5.74, 6) is -0.204. The van der Waals surface area contributed by atoms with Crippen molar-refractivity contribution in [1.82, 2.24) is 9.88 Å². The van der Waals surface area contributed by atoms with E-state index in [2.05, 4.69) is 5.32 Å². The molecule has 0 aromatic carbocycles. The van der Waals surface area contributed by atoms with Crippen LogP contribution in [0.5, 0.6) is 5.88 Å². The molecule has 0 aliphatic rings. The van der Waals surface area contributed by atoms with Crippen LogP contribution in [-0.2, 0) is 0 Å². The molecule has 0 radical (unpaired) electrons. The van der Waals surface area contributed by atoms with E-state index in [-0.39, 0.29) is 18.1 Å². The Morgan fingerprint density at radius 3 is 2.82 bits per heavy atom. The van der Waals surface area contributed by atoms with Crippen molar-refractivity contribution in [2.24, 2.45) is 0 Å². The van der Waals surface area contributed by atoms with Crippen molar-refractivity contribution in [3.8, 4) is 11.9 Å². The Morgan fingerprint density at radius 1 is 1.65 bits per heavy atom. The third-order valence-electron chi connectivity index (χ3n) is 2.47. The smallest absolute Gasteiger partial charge is 0.272 e. The molecule has 6 heteroatoms. The van der Waals surface area contributed by atoms with Crippen molar-refractivity contribution < 1.29 is 10.2 Å². The van der Waals surface area contributed by atoms with Gasteiger partial charge in [0.1, 0.15) is 11.6 Å². The van der Waals surface area contributed by atoms with Gasteiger partial charge in [-0.05, 0) is 19.4 Å². The van der Waals surface area contributed by atoms with Crippen molar-refractivity contribution in [1.29, 1.82) is 5.26 Å². The summed E-state index contributed by atoms with van der Waals surface area (Å²) in [7, 11) is 0. The van der Waals surface area contributed by atoms with E-state index in [0.717, 1.165) is 4.57 Å². The van der Waals surface area contributed by atoms with Crippen LogP contribution in [0.1, 0.15) is 24.2 Å². The van der Waals surface area contributed by atoms with Gasteiger partial charge in [0.05, 0.1) is 12.8 Å². The maximum atomic E-state index is 11.9. The molecule has 0 saturated carbocycles. The second-order valence-corrected chi connectivity index (χ2v) is 3.70. The van der Waals surface area contributed by atoms with Crippen molar-refractivity contribution in [3.05, 3.63) is 27.5 Å². The van der Waals surface area contributed by atoms with Gasteiger partial charge in [0.15, 0.2) is 5.88 Å². The standard InChI is InChI=1S/C11H15N3O3/c1-7-5-10(16)14(8(2)13-3-4-15)11(17)9(7)6-12/h5,8,13,15-16H,3-4H2,1-2H3. The normalized spacial score (nSPS) is 12.1. The van der Waals surface area contributed by atoms with Gasteiger partial charge in [-0.1, -0.05) is 0 Å². The first kappa shape index (κ1) is 13.2. The number of nitriles is 1. The van der Waals surface area contributed by atoms with E-state index in [9.17, 15) is 9.90 Å². The molecule has 0 fully saturated rings. The lowest BCUT2D eigenvalue weighted by Gasteiger charge is -2.18. The Morgan fingerprint density at radius 2 is 2.29 bits per heavy atom. The van der Waals surface area contributed by atoms with Crippen LogP contribution in [0.15, 0.2) is 10.9 Å². The Balaban J connectivity index is 3.25. The Hall–Kier alpha value is -1.84. The first-order chi connectivity index (χ1) is 8.02. The molecular weight excluding hydrogens is 222 g/mol. The highest BCUT2D eigenvalue weighted by molar-refractivity contribution is 5.37. The summed E-state index contributed by atoms with van der Waals surface area (Å²) in [6.45, 7) is 3.47. The molecule has 1 aromatic rings. The van der Waals surface area contributed by atoms with E-state index in [0.29, 0.717) is 12.1 Å².